The average Bonchev–Trinajstić information content (AvgIpc) is 2.47. The van der Waals surface area contributed by atoms with Gasteiger partial charge in [-0.2, -0.15) is 0 Å². The zero-order chi connectivity index (χ0) is 15.4. The number of hydrogen-bond acceptors (Lipinski definition) is 4. The lowest BCUT2D eigenvalue weighted by Crippen LogP contribution is -2.13. The van der Waals surface area contributed by atoms with E-state index in [-0.39, 0.29) is 11.3 Å². The summed E-state index contributed by atoms with van der Waals surface area (Å²) in [4.78, 5) is 26.3. The average molecular weight is 307 g/mol. The minimum absolute atomic E-state index is 0.126. The molecule has 1 heterocycles. The smallest absolute Gasteiger partial charge is 0.354 e. The highest BCUT2D eigenvalue weighted by molar-refractivity contribution is 6.32. The second-order valence-electron chi connectivity index (χ2n) is 4.04. The van der Waals surface area contributed by atoms with Crippen molar-refractivity contribution < 1.29 is 19.4 Å². The molecule has 0 spiro atoms. The Morgan fingerprint density at radius 1 is 1.29 bits per heavy atom. The molecule has 0 saturated carbocycles. The predicted octanol–water partition coefficient (Wildman–Crippen LogP) is 2.69. The number of ether oxygens (including phenoxy) is 1. The summed E-state index contributed by atoms with van der Waals surface area (Å²) in [5.41, 5.74) is 0.610. The molecule has 1 aromatic carbocycles. The molecule has 0 aliphatic heterocycles. The number of carbonyl (C=O) groups is 2. The molecule has 0 aliphatic rings. The largest absolute Gasteiger partial charge is 0.495 e. The summed E-state index contributed by atoms with van der Waals surface area (Å²) in [5.74, 6) is -1.06. The van der Waals surface area contributed by atoms with E-state index in [4.69, 9.17) is 21.4 Å². The summed E-state index contributed by atoms with van der Waals surface area (Å²) in [6, 6.07) is 7.47. The van der Waals surface area contributed by atoms with Crippen molar-refractivity contribution in [3.63, 3.8) is 0 Å². The van der Waals surface area contributed by atoms with Crippen LogP contribution in [0.1, 0.15) is 20.8 Å². The Morgan fingerprint density at radius 2 is 2.05 bits per heavy atom. The minimum atomic E-state index is -1.15. The van der Waals surface area contributed by atoms with Gasteiger partial charge in [0, 0.05) is 11.9 Å². The van der Waals surface area contributed by atoms with Crippen LogP contribution in [0.25, 0.3) is 0 Å². The van der Waals surface area contributed by atoms with E-state index >= 15 is 0 Å². The van der Waals surface area contributed by atoms with E-state index in [2.05, 4.69) is 10.3 Å². The molecule has 21 heavy (non-hydrogen) atoms. The Morgan fingerprint density at radius 3 is 2.57 bits per heavy atom. The maximum absolute atomic E-state index is 12.0. The number of anilines is 1. The lowest BCUT2D eigenvalue weighted by atomic mass is 10.2. The van der Waals surface area contributed by atoms with Gasteiger partial charge in [0.2, 0.25) is 0 Å². The van der Waals surface area contributed by atoms with Crippen LogP contribution in [-0.2, 0) is 0 Å². The van der Waals surface area contributed by atoms with Crippen molar-refractivity contribution >= 4 is 29.2 Å². The first-order chi connectivity index (χ1) is 10.0. The van der Waals surface area contributed by atoms with Gasteiger partial charge in [-0.1, -0.05) is 11.6 Å². The lowest BCUT2D eigenvalue weighted by Gasteiger charge is -2.08. The number of carboxylic acid groups (broad SMARTS) is 1. The van der Waals surface area contributed by atoms with Crippen molar-refractivity contribution in [1.82, 2.24) is 4.98 Å². The standard InChI is InChI=1S/C14H11ClN2O4/c1-21-12-5-3-9(6-10(12)15)17-13(18)8-2-4-11(14(19)20)16-7-8/h2-7H,1H3,(H,17,18)(H,19,20). The maximum Gasteiger partial charge on any atom is 0.354 e. The Kier molecular flexibility index (Phi) is 4.39. The first kappa shape index (κ1) is 14.8. The third kappa shape index (κ3) is 3.49. The summed E-state index contributed by atoms with van der Waals surface area (Å²) < 4.78 is 5.01. The Labute approximate surface area is 125 Å². The first-order valence-electron chi connectivity index (χ1n) is 5.85. The number of aromatic nitrogens is 1. The number of halogens is 1. The summed E-state index contributed by atoms with van der Waals surface area (Å²) in [7, 11) is 1.50. The second kappa shape index (κ2) is 6.23. The molecule has 0 unspecified atom stereocenters. The van der Waals surface area contributed by atoms with E-state index in [0.717, 1.165) is 0 Å². The van der Waals surface area contributed by atoms with Crippen molar-refractivity contribution in [2.24, 2.45) is 0 Å². The van der Waals surface area contributed by atoms with E-state index in [1.165, 1.54) is 25.4 Å². The molecule has 0 radical (unpaired) electrons. The van der Waals surface area contributed by atoms with Crippen LogP contribution in [-0.4, -0.2) is 29.1 Å². The van der Waals surface area contributed by atoms with Crippen molar-refractivity contribution in [2.75, 3.05) is 12.4 Å². The molecule has 1 aromatic heterocycles. The molecule has 6 nitrogen and oxygen atoms in total. The van der Waals surface area contributed by atoms with Crippen LogP contribution in [0.3, 0.4) is 0 Å². The van der Waals surface area contributed by atoms with Gasteiger partial charge in [-0.15, -0.1) is 0 Å². The number of pyridine rings is 1. The fourth-order valence-electron chi connectivity index (χ4n) is 1.60. The quantitative estimate of drug-likeness (QED) is 0.906. The van der Waals surface area contributed by atoms with E-state index in [1.807, 2.05) is 0 Å². The lowest BCUT2D eigenvalue weighted by molar-refractivity contribution is 0.0690. The molecule has 0 bridgehead atoms. The number of aromatic carboxylic acids is 1. The molecule has 2 aromatic rings. The highest BCUT2D eigenvalue weighted by atomic mass is 35.5. The van der Waals surface area contributed by atoms with Gasteiger partial charge in [-0.05, 0) is 30.3 Å². The molecule has 2 rings (SSSR count). The topological polar surface area (TPSA) is 88.5 Å². The zero-order valence-corrected chi connectivity index (χ0v) is 11.7. The van der Waals surface area contributed by atoms with Gasteiger partial charge in [0.05, 0.1) is 17.7 Å². The Bertz CT molecular complexity index is 686. The van der Waals surface area contributed by atoms with Crippen molar-refractivity contribution in [3.05, 3.63) is 52.8 Å². The van der Waals surface area contributed by atoms with E-state index in [9.17, 15) is 9.59 Å². The summed E-state index contributed by atoms with van der Waals surface area (Å²) >= 11 is 5.96. The third-order valence-electron chi connectivity index (χ3n) is 2.65. The van der Waals surface area contributed by atoms with Crippen LogP contribution in [0, 0.1) is 0 Å². The molecular formula is C14H11ClN2O4. The number of methoxy groups -OCH3 is 1. The highest BCUT2D eigenvalue weighted by Crippen LogP contribution is 2.27. The minimum Gasteiger partial charge on any atom is -0.495 e. The van der Waals surface area contributed by atoms with Crippen LogP contribution in [0.15, 0.2) is 36.5 Å². The van der Waals surface area contributed by atoms with E-state index in [0.29, 0.717) is 16.5 Å². The number of hydrogen-bond donors (Lipinski definition) is 2. The van der Waals surface area contributed by atoms with Gasteiger partial charge >= 0.3 is 5.97 Å². The molecule has 1 amide bonds. The Balaban J connectivity index is 2.14. The highest BCUT2D eigenvalue weighted by Gasteiger charge is 2.10. The number of nitrogens with zero attached hydrogens (tertiary/aromatic N) is 1. The van der Waals surface area contributed by atoms with Crippen LogP contribution in [0.4, 0.5) is 5.69 Å². The predicted molar refractivity (Wildman–Crippen MR) is 77.2 cm³/mol. The summed E-state index contributed by atoms with van der Waals surface area (Å²) in [5, 5.41) is 11.7. The van der Waals surface area contributed by atoms with Crippen molar-refractivity contribution in [3.8, 4) is 5.75 Å². The second-order valence-corrected chi connectivity index (χ2v) is 4.45. The molecular weight excluding hydrogens is 296 g/mol. The molecule has 0 aliphatic carbocycles. The van der Waals surface area contributed by atoms with Gasteiger partial charge in [0.25, 0.3) is 5.91 Å². The normalized spacial score (nSPS) is 10.0. The number of nitrogens with one attached hydrogen (secondary N) is 1. The van der Waals surface area contributed by atoms with Crippen molar-refractivity contribution in [2.45, 2.75) is 0 Å². The molecule has 7 heteroatoms. The van der Waals surface area contributed by atoms with Crippen LogP contribution < -0.4 is 10.1 Å². The van der Waals surface area contributed by atoms with Gasteiger partial charge in [-0.25, -0.2) is 9.78 Å². The molecule has 108 valence electrons. The maximum atomic E-state index is 12.0. The molecule has 0 saturated heterocycles. The fraction of sp³-hybridized carbons (Fsp3) is 0.0714. The molecule has 0 atom stereocenters. The Hall–Kier alpha value is -2.60. The monoisotopic (exact) mass is 306 g/mol. The van der Waals surface area contributed by atoms with E-state index in [1.54, 1.807) is 18.2 Å². The first-order valence-corrected chi connectivity index (χ1v) is 6.23. The summed E-state index contributed by atoms with van der Waals surface area (Å²) in [6.07, 6.45) is 1.20. The number of carboxylic acids is 1. The van der Waals surface area contributed by atoms with E-state index < -0.39 is 11.9 Å². The summed E-state index contributed by atoms with van der Waals surface area (Å²) in [6.45, 7) is 0. The van der Waals surface area contributed by atoms with Gasteiger partial charge in [0.1, 0.15) is 11.4 Å². The van der Waals surface area contributed by atoms with Gasteiger partial charge in [-0.3, -0.25) is 4.79 Å². The van der Waals surface area contributed by atoms with Crippen molar-refractivity contribution in [1.29, 1.82) is 0 Å². The molecule has 2 N–H and O–H groups in total. The SMILES string of the molecule is COc1ccc(NC(=O)c2ccc(C(=O)O)nc2)cc1Cl. The fourth-order valence-corrected chi connectivity index (χ4v) is 1.86. The number of amides is 1. The number of rotatable bonds is 4. The zero-order valence-electron chi connectivity index (χ0n) is 11.0. The van der Waals surface area contributed by atoms with Gasteiger partial charge in [0.15, 0.2) is 0 Å². The third-order valence-corrected chi connectivity index (χ3v) is 2.95. The van der Waals surface area contributed by atoms with Gasteiger partial charge < -0.3 is 15.2 Å². The van der Waals surface area contributed by atoms with Crippen LogP contribution in [0.5, 0.6) is 5.75 Å². The number of carbonyl (C=O) groups excluding carboxylic acids is 1. The van der Waals surface area contributed by atoms with Crippen LogP contribution >= 0.6 is 11.6 Å². The molecule has 0 fully saturated rings. The number of benzene rings is 1. The van der Waals surface area contributed by atoms with Crippen LogP contribution in [0.2, 0.25) is 5.02 Å².